The molecule has 4 heteroatoms. The van der Waals surface area contributed by atoms with Crippen molar-refractivity contribution in [2.24, 2.45) is 0 Å². The third-order valence-corrected chi connectivity index (χ3v) is 4.96. The van der Waals surface area contributed by atoms with Crippen molar-refractivity contribution in [1.82, 2.24) is 5.32 Å². The Morgan fingerprint density at radius 1 is 0.786 bits per heavy atom. The molecule has 0 heterocycles. The molecule has 0 aliphatic rings. The first-order valence-electron chi connectivity index (χ1n) is 9.42. The van der Waals surface area contributed by atoms with Crippen LogP contribution in [0.15, 0.2) is 72.8 Å². The van der Waals surface area contributed by atoms with E-state index in [0.29, 0.717) is 24.9 Å². The van der Waals surface area contributed by atoms with Crippen LogP contribution in [-0.4, -0.2) is 5.11 Å². The van der Waals surface area contributed by atoms with Crippen LogP contribution in [0.25, 0.3) is 0 Å². The van der Waals surface area contributed by atoms with Crippen LogP contribution in [0.1, 0.15) is 27.8 Å². The molecule has 0 atom stereocenters. The molecule has 0 spiro atoms. The van der Waals surface area contributed by atoms with Gasteiger partial charge in [0.1, 0.15) is 0 Å². The molecule has 3 rings (SSSR count). The molecule has 3 aromatic carbocycles. The van der Waals surface area contributed by atoms with E-state index in [0.717, 1.165) is 11.3 Å². The number of anilines is 1. The Morgan fingerprint density at radius 2 is 1.43 bits per heavy atom. The fraction of sp³-hybridized carbons (Fsp3) is 0.208. The number of ether oxygens (including phenoxy) is 1. The Morgan fingerprint density at radius 3 is 2.14 bits per heavy atom. The molecule has 0 saturated heterocycles. The average molecular weight is 391 g/mol. The van der Waals surface area contributed by atoms with Gasteiger partial charge in [-0.1, -0.05) is 66.7 Å². The van der Waals surface area contributed by atoms with Crippen molar-refractivity contribution in [2.75, 3.05) is 5.32 Å². The van der Waals surface area contributed by atoms with Gasteiger partial charge in [0.25, 0.3) is 0 Å². The summed E-state index contributed by atoms with van der Waals surface area (Å²) < 4.78 is 5.78. The highest BCUT2D eigenvalue weighted by molar-refractivity contribution is 7.80. The van der Waals surface area contributed by atoms with E-state index in [9.17, 15) is 0 Å². The van der Waals surface area contributed by atoms with Gasteiger partial charge in [-0.3, -0.25) is 0 Å². The van der Waals surface area contributed by atoms with E-state index in [1.54, 1.807) is 0 Å². The standard InChI is InChI=1S/C24H26N2OS/c1-18-7-6-10-23(19(18)2)26-24(28)25-15-20-11-13-22(14-12-20)17-27-16-21-8-4-3-5-9-21/h3-14H,15-17H2,1-2H3,(H2,25,26,28). The van der Waals surface area contributed by atoms with E-state index < -0.39 is 0 Å². The van der Waals surface area contributed by atoms with Crippen LogP contribution >= 0.6 is 12.2 Å². The molecule has 0 fully saturated rings. The quantitative estimate of drug-likeness (QED) is 0.522. The van der Waals surface area contributed by atoms with Crippen molar-refractivity contribution < 1.29 is 4.74 Å². The third kappa shape index (κ3) is 5.91. The maximum atomic E-state index is 5.78. The van der Waals surface area contributed by atoms with E-state index in [-0.39, 0.29) is 0 Å². The third-order valence-electron chi connectivity index (χ3n) is 4.71. The van der Waals surface area contributed by atoms with E-state index in [2.05, 4.69) is 66.9 Å². The molecule has 2 N–H and O–H groups in total. The van der Waals surface area contributed by atoms with Crippen LogP contribution in [0.4, 0.5) is 5.69 Å². The smallest absolute Gasteiger partial charge is 0.171 e. The summed E-state index contributed by atoms with van der Waals surface area (Å²) >= 11 is 5.43. The molecule has 0 amide bonds. The van der Waals surface area contributed by atoms with Gasteiger partial charge in [0, 0.05) is 12.2 Å². The number of nitrogens with one attached hydrogen (secondary N) is 2. The van der Waals surface area contributed by atoms with Crippen molar-refractivity contribution in [3.63, 3.8) is 0 Å². The summed E-state index contributed by atoms with van der Waals surface area (Å²) in [6, 6.07) is 24.8. The minimum Gasteiger partial charge on any atom is -0.372 e. The second-order valence-corrected chi connectivity index (χ2v) is 7.26. The van der Waals surface area contributed by atoms with E-state index in [1.807, 2.05) is 30.3 Å². The van der Waals surface area contributed by atoms with Crippen LogP contribution in [0.3, 0.4) is 0 Å². The van der Waals surface area contributed by atoms with E-state index in [1.165, 1.54) is 22.3 Å². The molecular weight excluding hydrogens is 364 g/mol. The summed E-state index contributed by atoms with van der Waals surface area (Å²) in [5.74, 6) is 0. The van der Waals surface area contributed by atoms with Crippen molar-refractivity contribution >= 4 is 23.0 Å². The summed E-state index contributed by atoms with van der Waals surface area (Å²) in [6.45, 7) is 6.11. The van der Waals surface area contributed by atoms with Gasteiger partial charge in [-0.05, 0) is 59.9 Å². The number of rotatable bonds is 7. The zero-order valence-electron chi connectivity index (χ0n) is 16.4. The van der Waals surface area contributed by atoms with Gasteiger partial charge in [-0.15, -0.1) is 0 Å². The number of thiocarbonyl (C=S) groups is 1. The number of hydrogen-bond acceptors (Lipinski definition) is 2. The van der Waals surface area contributed by atoms with Gasteiger partial charge < -0.3 is 15.4 Å². The Balaban J connectivity index is 1.43. The lowest BCUT2D eigenvalue weighted by Gasteiger charge is -2.14. The Kier molecular flexibility index (Phi) is 7.18. The molecule has 0 bridgehead atoms. The van der Waals surface area contributed by atoms with Gasteiger partial charge in [-0.25, -0.2) is 0 Å². The average Bonchev–Trinajstić information content (AvgIpc) is 2.72. The summed E-state index contributed by atoms with van der Waals surface area (Å²) in [5.41, 5.74) is 7.04. The van der Waals surface area contributed by atoms with Gasteiger partial charge in [0.15, 0.2) is 5.11 Å². The normalized spacial score (nSPS) is 10.5. The predicted octanol–water partition coefficient (Wildman–Crippen LogP) is 5.51. The molecule has 0 aliphatic carbocycles. The lowest BCUT2D eigenvalue weighted by atomic mass is 10.1. The van der Waals surface area contributed by atoms with Crippen LogP contribution < -0.4 is 10.6 Å². The van der Waals surface area contributed by atoms with Gasteiger partial charge >= 0.3 is 0 Å². The first-order chi connectivity index (χ1) is 13.6. The summed E-state index contributed by atoms with van der Waals surface area (Å²) in [5, 5.41) is 7.17. The minimum absolute atomic E-state index is 0.606. The fourth-order valence-electron chi connectivity index (χ4n) is 2.85. The highest BCUT2D eigenvalue weighted by atomic mass is 32.1. The zero-order chi connectivity index (χ0) is 19.8. The van der Waals surface area contributed by atoms with Gasteiger partial charge in [0.05, 0.1) is 13.2 Å². The SMILES string of the molecule is Cc1cccc(NC(=S)NCc2ccc(COCc3ccccc3)cc2)c1C. The topological polar surface area (TPSA) is 33.3 Å². The van der Waals surface area contributed by atoms with Gasteiger partial charge in [-0.2, -0.15) is 0 Å². The van der Waals surface area contributed by atoms with Crippen LogP contribution in [0.5, 0.6) is 0 Å². The monoisotopic (exact) mass is 390 g/mol. The molecule has 3 aromatic rings. The largest absolute Gasteiger partial charge is 0.372 e. The highest BCUT2D eigenvalue weighted by Crippen LogP contribution is 2.17. The van der Waals surface area contributed by atoms with E-state index in [4.69, 9.17) is 17.0 Å². The highest BCUT2D eigenvalue weighted by Gasteiger charge is 2.03. The zero-order valence-corrected chi connectivity index (χ0v) is 17.2. The van der Waals surface area contributed by atoms with Crippen LogP contribution in [0.2, 0.25) is 0 Å². The molecule has 0 radical (unpaired) electrons. The van der Waals surface area contributed by atoms with Crippen molar-refractivity contribution in [2.45, 2.75) is 33.6 Å². The summed E-state index contributed by atoms with van der Waals surface area (Å²) in [7, 11) is 0. The molecule has 0 aromatic heterocycles. The number of aryl methyl sites for hydroxylation is 1. The molecule has 3 nitrogen and oxygen atoms in total. The van der Waals surface area contributed by atoms with Crippen LogP contribution in [0, 0.1) is 13.8 Å². The van der Waals surface area contributed by atoms with Gasteiger partial charge in [0.2, 0.25) is 0 Å². The second kappa shape index (κ2) is 10.0. The maximum Gasteiger partial charge on any atom is 0.171 e. The summed E-state index contributed by atoms with van der Waals surface area (Å²) in [6.07, 6.45) is 0. The molecule has 28 heavy (non-hydrogen) atoms. The lowest BCUT2D eigenvalue weighted by Crippen LogP contribution is -2.28. The fourth-order valence-corrected chi connectivity index (χ4v) is 3.03. The van der Waals surface area contributed by atoms with E-state index >= 15 is 0 Å². The number of hydrogen-bond donors (Lipinski definition) is 2. The number of benzene rings is 3. The first-order valence-corrected chi connectivity index (χ1v) is 9.83. The Labute approximate surface area is 172 Å². The Bertz CT molecular complexity index is 908. The molecule has 0 aliphatic heterocycles. The summed E-state index contributed by atoms with van der Waals surface area (Å²) in [4.78, 5) is 0. The lowest BCUT2D eigenvalue weighted by molar-refractivity contribution is 0.107. The van der Waals surface area contributed by atoms with Crippen LogP contribution in [-0.2, 0) is 24.5 Å². The molecule has 0 saturated carbocycles. The van der Waals surface area contributed by atoms with Crippen molar-refractivity contribution in [3.8, 4) is 0 Å². The molecule has 144 valence electrons. The molecular formula is C24H26N2OS. The first kappa shape index (κ1) is 20.1. The minimum atomic E-state index is 0.606. The predicted molar refractivity (Wildman–Crippen MR) is 120 cm³/mol. The Hall–Kier alpha value is -2.69. The second-order valence-electron chi connectivity index (χ2n) is 6.85. The van der Waals surface area contributed by atoms with Crippen molar-refractivity contribution in [3.05, 3.63) is 101 Å². The molecule has 0 unspecified atom stereocenters. The maximum absolute atomic E-state index is 5.78. The van der Waals surface area contributed by atoms with Crippen molar-refractivity contribution in [1.29, 1.82) is 0 Å².